The lowest BCUT2D eigenvalue weighted by Crippen LogP contribution is -2.21. The number of hydrogen-bond donors (Lipinski definition) is 4. The Hall–Kier alpha value is -3.16. The number of anilines is 2. The first kappa shape index (κ1) is 22.0. The van der Waals surface area contributed by atoms with Crippen molar-refractivity contribution in [3.63, 3.8) is 0 Å². The summed E-state index contributed by atoms with van der Waals surface area (Å²) in [5.41, 5.74) is 1.70. The molecule has 0 unspecified atom stereocenters. The first-order valence-electron chi connectivity index (χ1n) is 9.70. The number of aliphatic hydroxyl groups excluding tert-OH is 2. The van der Waals surface area contributed by atoms with Crippen molar-refractivity contribution in [2.45, 2.75) is 6.10 Å². The average molecular weight is 469 g/mol. The first-order chi connectivity index (χ1) is 15.4. The quantitative estimate of drug-likeness (QED) is 0.179. The number of aliphatic hydroxyl groups is 2. The van der Waals surface area contributed by atoms with Gasteiger partial charge in [-0.1, -0.05) is 59.6 Å². The molecular formula is C24H18Cl2N2O4. The number of nitrogens with one attached hydrogen (secondary N) is 2. The Labute approximate surface area is 194 Å². The fourth-order valence-electron chi connectivity index (χ4n) is 3.45. The third-order valence-electron chi connectivity index (χ3n) is 5.04. The summed E-state index contributed by atoms with van der Waals surface area (Å²) >= 11 is 12.5. The van der Waals surface area contributed by atoms with Gasteiger partial charge >= 0.3 is 0 Å². The minimum absolute atomic E-state index is 0.0223. The zero-order valence-electron chi connectivity index (χ0n) is 16.6. The van der Waals surface area contributed by atoms with E-state index < -0.39 is 24.3 Å². The van der Waals surface area contributed by atoms with E-state index in [4.69, 9.17) is 23.2 Å². The fraction of sp³-hybridized carbons (Fsp3) is 0.0833. The normalized spacial score (nSPS) is 13.1. The molecule has 1 aliphatic heterocycles. The Kier molecular flexibility index (Phi) is 6.30. The van der Waals surface area contributed by atoms with Crippen LogP contribution in [-0.2, 0) is 0 Å². The van der Waals surface area contributed by atoms with Gasteiger partial charge in [0.1, 0.15) is 17.5 Å². The monoisotopic (exact) mass is 468 g/mol. The van der Waals surface area contributed by atoms with Gasteiger partial charge in [0.15, 0.2) is 0 Å². The molecule has 8 heteroatoms. The lowest BCUT2D eigenvalue weighted by atomic mass is 9.93. The van der Waals surface area contributed by atoms with E-state index in [1.54, 1.807) is 18.2 Å². The third kappa shape index (κ3) is 4.13. The fourth-order valence-corrected chi connectivity index (χ4v) is 3.97. The van der Waals surface area contributed by atoms with Gasteiger partial charge in [0.25, 0.3) is 0 Å². The molecule has 1 aliphatic rings. The summed E-state index contributed by atoms with van der Waals surface area (Å²) in [4.78, 5) is 27.1. The molecular weight excluding hydrogens is 451 g/mol. The van der Waals surface area contributed by atoms with Crippen LogP contribution in [0.25, 0.3) is 0 Å². The molecule has 0 fully saturated rings. The highest BCUT2D eigenvalue weighted by molar-refractivity contribution is 6.39. The van der Waals surface area contributed by atoms with E-state index in [-0.39, 0.29) is 33.1 Å². The van der Waals surface area contributed by atoms with E-state index in [9.17, 15) is 19.8 Å². The number of hydrogen-bond acceptors (Lipinski definition) is 6. The number of carbonyl (C=O) groups excluding carboxylic acids is 2. The summed E-state index contributed by atoms with van der Waals surface area (Å²) in [6.07, 6.45) is -1.26. The van der Waals surface area contributed by atoms with Gasteiger partial charge in [-0.15, -0.1) is 0 Å². The number of fused-ring (bicyclic) bond motifs is 1. The zero-order chi connectivity index (χ0) is 22.8. The molecule has 1 heterocycles. The van der Waals surface area contributed by atoms with Gasteiger partial charge in [-0.25, -0.2) is 0 Å². The summed E-state index contributed by atoms with van der Waals surface area (Å²) in [5.74, 6) is -0.982. The largest absolute Gasteiger partial charge is 0.393 e. The molecule has 0 aromatic heterocycles. The molecule has 0 radical (unpaired) electrons. The van der Waals surface area contributed by atoms with Crippen molar-refractivity contribution < 1.29 is 19.8 Å². The topological polar surface area (TPSA) is 98.7 Å². The van der Waals surface area contributed by atoms with Crippen molar-refractivity contribution in [1.82, 2.24) is 0 Å². The summed E-state index contributed by atoms with van der Waals surface area (Å²) in [6, 6.07) is 18.1. The van der Waals surface area contributed by atoms with Crippen LogP contribution in [0.15, 0.2) is 78.1 Å². The SMILES string of the molecule is O=C(C(C(=O)c1cccc([C@@H](O)CO)c1Cl)=C1Nc2ccccc2N1)c1cccc(Cl)c1. The Morgan fingerprint density at radius 1 is 0.875 bits per heavy atom. The second-order valence-electron chi connectivity index (χ2n) is 7.12. The molecule has 1 atom stereocenters. The standard InChI is InChI=1S/C24H18Cl2N2O4/c25-14-6-3-5-13(11-14)22(31)20(24-27-17-9-1-2-10-18(17)28-24)23(32)16-8-4-7-15(21(16)26)19(30)12-29/h1-11,19,27-30H,12H2/t19-/m0/s1. The molecule has 0 saturated heterocycles. The van der Waals surface area contributed by atoms with Crippen LogP contribution >= 0.6 is 23.2 Å². The van der Waals surface area contributed by atoms with Gasteiger partial charge in [0, 0.05) is 21.7 Å². The van der Waals surface area contributed by atoms with E-state index in [1.807, 2.05) is 24.3 Å². The maximum absolute atomic E-state index is 13.6. The van der Waals surface area contributed by atoms with Crippen LogP contribution < -0.4 is 10.6 Å². The molecule has 0 aliphatic carbocycles. The molecule has 4 N–H and O–H groups in total. The predicted molar refractivity (Wildman–Crippen MR) is 124 cm³/mol. The number of allylic oxidation sites excluding steroid dienone is 1. The molecule has 162 valence electrons. The van der Waals surface area contributed by atoms with E-state index in [0.717, 1.165) is 0 Å². The van der Waals surface area contributed by atoms with Crippen LogP contribution in [0, 0.1) is 0 Å². The molecule has 4 rings (SSSR count). The van der Waals surface area contributed by atoms with Crippen molar-refractivity contribution in [3.8, 4) is 0 Å². The zero-order valence-corrected chi connectivity index (χ0v) is 18.1. The van der Waals surface area contributed by atoms with Crippen molar-refractivity contribution in [2.75, 3.05) is 17.2 Å². The van der Waals surface area contributed by atoms with Gasteiger partial charge in [-0.2, -0.15) is 0 Å². The summed E-state index contributed by atoms with van der Waals surface area (Å²) in [6.45, 7) is -0.564. The molecule has 0 amide bonds. The van der Waals surface area contributed by atoms with E-state index in [1.165, 1.54) is 24.3 Å². The van der Waals surface area contributed by atoms with Crippen molar-refractivity contribution in [3.05, 3.63) is 105 Å². The van der Waals surface area contributed by atoms with Gasteiger partial charge < -0.3 is 20.8 Å². The number of halogens is 2. The Balaban J connectivity index is 1.85. The molecule has 0 spiro atoms. The molecule has 3 aromatic carbocycles. The van der Waals surface area contributed by atoms with Crippen molar-refractivity contribution in [1.29, 1.82) is 0 Å². The maximum Gasteiger partial charge on any atom is 0.202 e. The molecule has 6 nitrogen and oxygen atoms in total. The maximum atomic E-state index is 13.6. The van der Waals surface area contributed by atoms with E-state index in [0.29, 0.717) is 16.4 Å². The van der Waals surface area contributed by atoms with E-state index in [2.05, 4.69) is 10.6 Å². The van der Waals surface area contributed by atoms with Crippen LogP contribution in [0.5, 0.6) is 0 Å². The molecule has 0 saturated carbocycles. The summed E-state index contributed by atoms with van der Waals surface area (Å²) < 4.78 is 0. The lowest BCUT2D eigenvalue weighted by Gasteiger charge is -2.15. The van der Waals surface area contributed by atoms with Gasteiger partial charge in [0.2, 0.25) is 11.6 Å². The second-order valence-corrected chi connectivity index (χ2v) is 7.94. The van der Waals surface area contributed by atoms with E-state index >= 15 is 0 Å². The van der Waals surface area contributed by atoms with Gasteiger partial charge in [-0.05, 0) is 30.3 Å². The second kappa shape index (κ2) is 9.14. The van der Waals surface area contributed by atoms with Gasteiger partial charge in [0.05, 0.1) is 23.0 Å². The molecule has 3 aromatic rings. The number of Topliss-reactive ketones (excluding diaryl/α,β-unsaturated/α-hetero) is 2. The minimum atomic E-state index is -1.26. The predicted octanol–water partition coefficient (Wildman–Crippen LogP) is 4.83. The lowest BCUT2D eigenvalue weighted by molar-refractivity contribution is 0.0946. The number of para-hydroxylation sites is 2. The van der Waals surface area contributed by atoms with Crippen LogP contribution in [0.3, 0.4) is 0 Å². The summed E-state index contributed by atoms with van der Waals surface area (Å²) in [7, 11) is 0. The highest BCUT2D eigenvalue weighted by Crippen LogP contribution is 2.34. The van der Waals surface area contributed by atoms with Crippen LogP contribution in [0.2, 0.25) is 10.0 Å². The van der Waals surface area contributed by atoms with Gasteiger partial charge in [-0.3, -0.25) is 9.59 Å². The summed E-state index contributed by atoms with van der Waals surface area (Å²) in [5, 5.41) is 25.8. The Bertz CT molecular complexity index is 1230. The number of benzene rings is 3. The molecule has 0 bridgehead atoms. The van der Waals surface area contributed by atoms with Crippen LogP contribution in [0.4, 0.5) is 11.4 Å². The van der Waals surface area contributed by atoms with Crippen molar-refractivity contribution >= 4 is 46.1 Å². The van der Waals surface area contributed by atoms with Crippen LogP contribution in [0.1, 0.15) is 32.4 Å². The first-order valence-corrected chi connectivity index (χ1v) is 10.5. The third-order valence-corrected chi connectivity index (χ3v) is 5.70. The molecule has 32 heavy (non-hydrogen) atoms. The number of rotatable bonds is 6. The number of ketones is 2. The minimum Gasteiger partial charge on any atom is -0.393 e. The highest BCUT2D eigenvalue weighted by atomic mass is 35.5. The highest BCUT2D eigenvalue weighted by Gasteiger charge is 2.31. The smallest absolute Gasteiger partial charge is 0.202 e. The Morgan fingerprint density at radius 2 is 1.53 bits per heavy atom. The average Bonchev–Trinajstić information content (AvgIpc) is 3.22. The number of carbonyl (C=O) groups is 2. The van der Waals surface area contributed by atoms with Crippen LogP contribution in [-0.4, -0.2) is 28.4 Å². The van der Waals surface area contributed by atoms with Crippen molar-refractivity contribution in [2.24, 2.45) is 0 Å². The Morgan fingerprint density at radius 3 is 2.16 bits per heavy atom.